The number of amides is 1. The largest absolute Gasteiger partial charge is 0.445 e. The maximum absolute atomic E-state index is 13.0. The van der Waals surface area contributed by atoms with Crippen molar-refractivity contribution in [2.45, 2.75) is 50.8 Å². The normalized spacial score (nSPS) is 21.4. The molecule has 2 aromatic rings. The molecule has 0 radical (unpaired) electrons. The smallest absolute Gasteiger partial charge is 0.410 e. The lowest BCUT2D eigenvalue weighted by Crippen LogP contribution is -2.51. The maximum atomic E-state index is 13.0. The van der Waals surface area contributed by atoms with Gasteiger partial charge in [-0.05, 0) is 48.4 Å². The van der Waals surface area contributed by atoms with Gasteiger partial charge in [-0.25, -0.2) is 13.6 Å². The van der Waals surface area contributed by atoms with E-state index in [1.54, 1.807) is 12.1 Å². The molecule has 2 atom stereocenters. The number of carbonyl (C=O) groups excluding carboxylic acids is 1. The molecule has 0 spiro atoms. The fourth-order valence-electron chi connectivity index (χ4n) is 4.20. The summed E-state index contributed by atoms with van der Waals surface area (Å²) in [7, 11) is 0. The fourth-order valence-corrected chi connectivity index (χ4v) is 4.20. The molecule has 2 aromatic carbocycles. The Morgan fingerprint density at radius 1 is 1.11 bits per heavy atom. The Morgan fingerprint density at radius 2 is 1.93 bits per heavy atom. The molecule has 28 heavy (non-hydrogen) atoms. The number of hydrogen-bond acceptors (Lipinski definition) is 2. The fraction of sp³-hybridized carbons (Fsp3) is 0.348. The average molecular weight is 383 g/mol. The Morgan fingerprint density at radius 3 is 2.68 bits per heavy atom. The lowest BCUT2D eigenvalue weighted by molar-refractivity contribution is 0.0510. The van der Waals surface area contributed by atoms with Crippen molar-refractivity contribution in [1.29, 1.82) is 0 Å². The molecule has 0 aliphatic carbocycles. The van der Waals surface area contributed by atoms with Gasteiger partial charge in [0.15, 0.2) is 0 Å². The van der Waals surface area contributed by atoms with Gasteiger partial charge < -0.3 is 4.74 Å². The van der Waals surface area contributed by atoms with E-state index in [1.165, 1.54) is 6.07 Å². The van der Waals surface area contributed by atoms with E-state index in [1.807, 2.05) is 41.3 Å². The summed E-state index contributed by atoms with van der Waals surface area (Å²) in [6.07, 6.45) is 2.78. The van der Waals surface area contributed by atoms with Crippen LogP contribution < -0.4 is 0 Å². The lowest BCUT2D eigenvalue weighted by Gasteiger charge is -2.44. The van der Waals surface area contributed by atoms with Crippen molar-refractivity contribution in [3.8, 4) is 0 Å². The van der Waals surface area contributed by atoms with Crippen molar-refractivity contribution in [2.24, 2.45) is 0 Å². The first kappa shape index (κ1) is 18.7. The van der Waals surface area contributed by atoms with Crippen LogP contribution in [0.1, 0.15) is 48.8 Å². The van der Waals surface area contributed by atoms with E-state index in [9.17, 15) is 13.6 Å². The van der Waals surface area contributed by atoms with Crippen LogP contribution in [-0.4, -0.2) is 23.1 Å². The van der Waals surface area contributed by atoms with Crippen LogP contribution in [0.2, 0.25) is 0 Å². The highest BCUT2D eigenvalue weighted by molar-refractivity contribution is 5.74. The first-order valence-electron chi connectivity index (χ1n) is 9.70. The van der Waals surface area contributed by atoms with Gasteiger partial charge in [-0.1, -0.05) is 54.6 Å². The number of alkyl halides is 2. The van der Waals surface area contributed by atoms with Gasteiger partial charge in [0, 0.05) is 11.6 Å². The van der Waals surface area contributed by atoms with Crippen molar-refractivity contribution in [3.63, 3.8) is 0 Å². The van der Waals surface area contributed by atoms with E-state index in [0.29, 0.717) is 6.42 Å². The number of ether oxygens (including phenoxy) is 1. The predicted octanol–water partition coefficient (Wildman–Crippen LogP) is 5.97. The highest BCUT2D eigenvalue weighted by Crippen LogP contribution is 2.38. The molecule has 2 aliphatic rings. The highest BCUT2D eigenvalue weighted by atomic mass is 19.3. The minimum Gasteiger partial charge on any atom is -0.445 e. The summed E-state index contributed by atoms with van der Waals surface area (Å²) >= 11 is 0. The van der Waals surface area contributed by atoms with E-state index < -0.39 is 6.43 Å². The number of carbonyl (C=O) groups is 1. The molecule has 2 unspecified atom stereocenters. The average Bonchev–Trinajstić information content (AvgIpc) is 2.72. The van der Waals surface area contributed by atoms with Gasteiger partial charge in [-0.2, -0.15) is 0 Å². The number of benzene rings is 2. The molecule has 2 bridgehead atoms. The van der Waals surface area contributed by atoms with E-state index in [2.05, 4.69) is 6.08 Å². The van der Waals surface area contributed by atoms with Crippen LogP contribution in [0, 0.1) is 0 Å². The number of hydrogen-bond donors (Lipinski definition) is 0. The second-order valence-electron chi connectivity index (χ2n) is 7.42. The summed E-state index contributed by atoms with van der Waals surface area (Å²) in [6, 6.07) is 16.2. The quantitative estimate of drug-likeness (QED) is 0.651. The standard InChI is InChI=1S/C23H23F2NO2/c24-22(25)18-9-4-8-17(12-18)19-13-20-10-5-11-21(14-19)26(20)23(27)28-15-16-6-2-1-3-7-16/h1-4,6-9,12-13,20-22H,5,10-11,14-15H2. The zero-order valence-corrected chi connectivity index (χ0v) is 15.6. The Bertz CT molecular complexity index is 866. The van der Waals surface area contributed by atoms with Gasteiger partial charge in [0.05, 0.1) is 6.04 Å². The molecule has 2 aliphatic heterocycles. The van der Waals surface area contributed by atoms with Gasteiger partial charge in [-0.15, -0.1) is 0 Å². The van der Waals surface area contributed by atoms with Gasteiger partial charge in [-0.3, -0.25) is 4.90 Å². The summed E-state index contributed by atoms with van der Waals surface area (Å²) < 4.78 is 31.7. The predicted molar refractivity (Wildman–Crippen MR) is 104 cm³/mol. The summed E-state index contributed by atoms with van der Waals surface area (Å²) in [4.78, 5) is 14.6. The Kier molecular flexibility index (Phi) is 5.42. The molecule has 4 rings (SSSR count). The minimum atomic E-state index is -2.48. The molecule has 3 nitrogen and oxygen atoms in total. The Balaban J connectivity index is 1.51. The van der Waals surface area contributed by atoms with Crippen molar-refractivity contribution in [3.05, 3.63) is 77.4 Å². The second-order valence-corrected chi connectivity index (χ2v) is 7.42. The molecule has 5 heteroatoms. The van der Waals surface area contributed by atoms with Gasteiger partial charge >= 0.3 is 6.09 Å². The molecular weight excluding hydrogens is 360 g/mol. The molecule has 1 amide bonds. The van der Waals surface area contributed by atoms with Crippen LogP contribution in [0.3, 0.4) is 0 Å². The molecule has 1 fully saturated rings. The third kappa shape index (κ3) is 3.93. The van der Waals surface area contributed by atoms with Crippen LogP contribution in [0.15, 0.2) is 60.7 Å². The van der Waals surface area contributed by atoms with Crippen LogP contribution in [-0.2, 0) is 11.3 Å². The number of rotatable bonds is 4. The van der Waals surface area contributed by atoms with Crippen LogP contribution in [0.25, 0.3) is 5.57 Å². The van der Waals surface area contributed by atoms with E-state index in [0.717, 1.165) is 36.0 Å². The third-order valence-corrected chi connectivity index (χ3v) is 5.56. The number of piperidine rings is 1. The van der Waals surface area contributed by atoms with E-state index in [-0.39, 0.29) is 30.3 Å². The monoisotopic (exact) mass is 383 g/mol. The zero-order valence-electron chi connectivity index (χ0n) is 15.6. The molecule has 0 aromatic heterocycles. The van der Waals surface area contributed by atoms with Crippen LogP contribution in [0.5, 0.6) is 0 Å². The highest BCUT2D eigenvalue weighted by Gasteiger charge is 2.38. The summed E-state index contributed by atoms with van der Waals surface area (Å²) in [6.45, 7) is 0.253. The van der Waals surface area contributed by atoms with Gasteiger partial charge in [0.1, 0.15) is 6.61 Å². The summed E-state index contributed by atoms with van der Waals surface area (Å²) in [5.74, 6) is 0. The summed E-state index contributed by atoms with van der Waals surface area (Å²) in [5, 5.41) is 0. The van der Waals surface area contributed by atoms with Crippen molar-refractivity contribution in [1.82, 2.24) is 4.90 Å². The lowest BCUT2D eigenvalue weighted by atomic mass is 9.83. The van der Waals surface area contributed by atoms with Gasteiger partial charge in [0.2, 0.25) is 0 Å². The molecule has 0 saturated carbocycles. The first-order chi connectivity index (χ1) is 13.6. The number of nitrogens with zero attached hydrogens (tertiary/aromatic N) is 1. The number of halogens is 2. The maximum Gasteiger partial charge on any atom is 0.410 e. The SMILES string of the molecule is O=C(OCc1ccccc1)N1C2C=C(c3cccc(C(F)F)c3)CC1CCC2. The second kappa shape index (κ2) is 8.13. The Labute approximate surface area is 163 Å². The number of fused-ring (bicyclic) bond motifs is 2. The van der Waals surface area contributed by atoms with Crippen molar-refractivity contribution < 1.29 is 18.3 Å². The zero-order chi connectivity index (χ0) is 19.5. The van der Waals surface area contributed by atoms with Crippen molar-refractivity contribution >= 4 is 11.7 Å². The van der Waals surface area contributed by atoms with Crippen LogP contribution in [0.4, 0.5) is 13.6 Å². The van der Waals surface area contributed by atoms with Gasteiger partial charge in [0.25, 0.3) is 6.43 Å². The van der Waals surface area contributed by atoms with E-state index >= 15 is 0 Å². The molecular formula is C23H23F2NO2. The molecule has 0 N–H and O–H groups in total. The van der Waals surface area contributed by atoms with Crippen LogP contribution >= 0.6 is 0 Å². The van der Waals surface area contributed by atoms with E-state index in [4.69, 9.17) is 4.74 Å². The first-order valence-corrected chi connectivity index (χ1v) is 9.70. The Hall–Kier alpha value is -2.69. The third-order valence-electron chi connectivity index (χ3n) is 5.56. The minimum absolute atomic E-state index is 0.0354. The molecule has 146 valence electrons. The molecule has 1 saturated heterocycles. The molecule has 2 heterocycles. The summed E-state index contributed by atoms with van der Waals surface area (Å²) in [5.41, 5.74) is 2.86. The topological polar surface area (TPSA) is 29.5 Å². The van der Waals surface area contributed by atoms with Crippen molar-refractivity contribution in [2.75, 3.05) is 0 Å².